The smallest absolute Gasteiger partial charge is 0.329 e. The quantitative estimate of drug-likeness (QED) is 0.890. The maximum atomic E-state index is 12.0. The lowest BCUT2D eigenvalue weighted by Gasteiger charge is -2.07. The van der Waals surface area contributed by atoms with Gasteiger partial charge in [0.1, 0.15) is 6.26 Å². The van der Waals surface area contributed by atoms with Crippen LogP contribution >= 0.6 is 0 Å². The molecule has 2 N–H and O–H groups in total. The van der Waals surface area contributed by atoms with E-state index in [9.17, 15) is 13.2 Å². The molecule has 1 aromatic carbocycles. The number of nitrogens with zero attached hydrogens (tertiary/aromatic N) is 1. The van der Waals surface area contributed by atoms with Gasteiger partial charge in [0.05, 0.1) is 17.1 Å². The maximum Gasteiger partial charge on any atom is 0.329 e. The van der Waals surface area contributed by atoms with Crippen molar-refractivity contribution < 1.29 is 17.6 Å². The first kappa shape index (κ1) is 15.0. The number of hydrogen-bond donors (Lipinski definition) is 2. The number of rotatable bonds is 4. The van der Waals surface area contributed by atoms with E-state index in [1.807, 2.05) is 11.6 Å². The molecule has 2 aromatic rings. The number of aromatic nitrogens is 1. The first-order chi connectivity index (χ1) is 9.87. The number of carbonyl (C=O) groups is 1. The predicted octanol–water partition coefficient (Wildman–Crippen LogP) is 1.48. The summed E-state index contributed by atoms with van der Waals surface area (Å²) in [5.74, 6) is 0.472. The highest BCUT2D eigenvalue weighted by Gasteiger charge is 2.17. The van der Waals surface area contributed by atoms with Crippen LogP contribution in [-0.4, -0.2) is 19.4 Å². The van der Waals surface area contributed by atoms with Crippen molar-refractivity contribution in [3.8, 4) is 0 Å². The molecule has 21 heavy (non-hydrogen) atoms. The van der Waals surface area contributed by atoms with Gasteiger partial charge < -0.3 is 9.73 Å². The van der Waals surface area contributed by atoms with Crippen LogP contribution in [0.25, 0.3) is 0 Å². The molecule has 0 fully saturated rings. The number of oxazole rings is 1. The van der Waals surface area contributed by atoms with Gasteiger partial charge in [-0.1, -0.05) is 17.7 Å². The van der Waals surface area contributed by atoms with Gasteiger partial charge in [-0.05, 0) is 19.1 Å². The summed E-state index contributed by atoms with van der Waals surface area (Å²) in [4.78, 5) is 15.6. The lowest BCUT2D eigenvalue weighted by Crippen LogP contribution is -2.39. The van der Waals surface area contributed by atoms with Crippen LogP contribution in [0.1, 0.15) is 17.1 Å². The van der Waals surface area contributed by atoms with Gasteiger partial charge in [-0.2, -0.15) is 0 Å². The van der Waals surface area contributed by atoms with E-state index in [4.69, 9.17) is 4.42 Å². The van der Waals surface area contributed by atoms with Crippen molar-refractivity contribution in [2.24, 2.45) is 0 Å². The van der Waals surface area contributed by atoms with Crippen molar-refractivity contribution in [1.82, 2.24) is 15.0 Å². The van der Waals surface area contributed by atoms with E-state index in [1.165, 1.54) is 18.4 Å². The van der Waals surface area contributed by atoms with E-state index < -0.39 is 16.1 Å². The average molecular weight is 309 g/mol. The van der Waals surface area contributed by atoms with Crippen LogP contribution in [0.2, 0.25) is 0 Å². The van der Waals surface area contributed by atoms with E-state index >= 15 is 0 Å². The minimum Gasteiger partial charge on any atom is -0.449 e. The molecule has 0 unspecified atom stereocenters. The third kappa shape index (κ3) is 4.06. The molecule has 0 saturated heterocycles. The highest BCUT2D eigenvalue weighted by Crippen LogP contribution is 2.09. The zero-order chi connectivity index (χ0) is 15.5. The zero-order valence-corrected chi connectivity index (χ0v) is 12.4. The molecular weight excluding hydrogens is 294 g/mol. The highest BCUT2D eigenvalue weighted by atomic mass is 32.2. The Bertz CT molecular complexity index is 735. The number of carbonyl (C=O) groups excluding carboxylic acids is 1. The van der Waals surface area contributed by atoms with Gasteiger partial charge in [-0.25, -0.2) is 22.9 Å². The Morgan fingerprint density at radius 1 is 1.24 bits per heavy atom. The van der Waals surface area contributed by atoms with Crippen molar-refractivity contribution in [2.75, 3.05) is 0 Å². The van der Waals surface area contributed by atoms with Gasteiger partial charge in [0.25, 0.3) is 10.0 Å². The number of benzene rings is 1. The second-order valence-electron chi connectivity index (χ2n) is 4.46. The van der Waals surface area contributed by atoms with Gasteiger partial charge in [0.15, 0.2) is 5.89 Å². The van der Waals surface area contributed by atoms with Gasteiger partial charge in [-0.3, -0.25) is 0 Å². The number of aryl methyl sites for hydroxylation is 2. The lowest BCUT2D eigenvalue weighted by molar-refractivity contribution is 0.245. The Kier molecular flexibility index (Phi) is 4.27. The van der Waals surface area contributed by atoms with E-state index in [1.54, 1.807) is 19.1 Å². The summed E-state index contributed by atoms with van der Waals surface area (Å²) in [7, 11) is -3.88. The fraction of sp³-hybridized carbons (Fsp3) is 0.231. The zero-order valence-electron chi connectivity index (χ0n) is 11.6. The van der Waals surface area contributed by atoms with Crippen LogP contribution in [0.4, 0.5) is 4.79 Å². The van der Waals surface area contributed by atoms with Crippen molar-refractivity contribution in [2.45, 2.75) is 25.3 Å². The van der Waals surface area contributed by atoms with Crippen LogP contribution in [0, 0.1) is 13.8 Å². The predicted molar refractivity (Wildman–Crippen MR) is 75.0 cm³/mol. The fourth-order valence-electron chi connectivity index (χ4n) is 1.59. The topological polar surface area (TPSA) is 101 Å². The molecule has 0 aliphatic heterocycles. The first-order valence-corrected chi connectivity index (χ1v) is 7.63. The van der Waals surface area contributed by atoms with Gasteiger partial charge in [0, 0.05) is 6.92 Å². The number of urea groups is 1. The molecule has 8 heteroatoms. The maximum absolute atomic E-state index is 12.0. The van der Waals surface area contributed by atoms with E-state index in [0.29, 0.717) is 11.6 Å². The molecule has 0 aliphatic carbocycles. The standard InChI is InChI=1S/C13H15N3O4S/c1-9-3-5-12(6-4-9)21(18,19)16-13(17)14-7-11-8-20-10(2)15-11/h3-6,8H,7H2,1-2H3,(H2,14,16,17). The molecule has 7 nitrogen and oxygen atoms in total. The Hall–Kier alpha value is -2.35. The summed E-state index contributed by atoms with van der Waals surface area (Å²) in [6.07, 6.45) is 1.39. The molecule has 1 aromatic heterocycles. The summed E-state index contributed by atoms with van der Waals surface area (Å²) in [6.45, 7) is 3.59. The van der Waals surface area contributed by atoms with Crippen molar-refractivity contribution in [3.63, 3.8) is 0 Å². The minimum absolute atomic E-state index is 0.0283. The van der Waals surface area contributed by atoms with Crippen LogP contribution in [-0.2, 0) is 16.6 Å². The molecule has 0 atom stereocenters. The Balaban J connectivity index is 1.96. The monoisotopic (exact) mass is 309 g/mol. The Morgan fingerprint density at radius 3 is 2.48 bits per heavy atom. The molecule has 2 rings (SSSR count). The molecule has 2 amide bonds. The molecule has 0 saturated carbocycles. The van der Waals surface area contributed by atoms with E-state index in [-0.39, 0.29) is 11.4 Å². The molecule has 112 valence electrons. The van der Waals surface area contributed by atoms with Crippen molar-refractivity contribution >= 4 is 16.1 Å². The van der Waals surface area contributed by atoms with Crippen LogP contribution < -0.4 is 10.0 Å². The van der Waals surface area contributed by atoms with Crippen molar-refractivity contribution in [1.29, 1.82) is 0 Å². The number of amides is 2. The summed E-state index contributed by atoms with van der Waals surface area (Å²) in [5.41, 5.74) is 1.44. The largest absolute Gasteiger partial charge is 0.449 e. The molecule has 0 radical (unpaired) electrons. The second kappa shape index (κ2) is 5.96. The highest BCUT2D eigenvalue weighted by molar-refractivity contribution is 7.90. The van der Waals surface area contributed by atoms with Crippen molar-refractivity contribution in [3.05, 3.63) is 47.7 Å². The third-order valence-electron chi connectivity index (χ3n) is 2.65. The van der Waals surface area contributed by atoms with Crippen LogP contribution in [0.5, 0.6) is 0 Å². The number of sulfonamides is 1. The van der Waals surface area contributed by atoms with E-state index in [0.717, 1.165) is 5.56 Å². The number of hydrogen-bond acceptors (Lipinski definition) is 5. The summed E-state index contributed by atoms with van der Waals surface area (Å²) >= 11 is 0. The molecular formula is C13H15N3O4S. The Morgan fingerprint density at radius 2 is 1.90 bits per heavy atom. The third-order valence-corrected chi connectivity index (χ3v) is 4.00. The van der Waals surface area contributed by atoms with Crippen LogP contribution in [0.15, 0.2) is 39.8 Å². The molecule has 0 bridgehead atoms. The van der Waals surface area contributed by atoms with E-state index in [2.05, 4.69) is 10.3 Å². The molecule has 0 aliphatic rings. The first-order valence-electron chi connectivity index (χ1n) is 6.15. The van der Waals surface area contributed by atoms with Crippen LogP contribution in [0.3, 0.4) is 0 Å². The van der Waals surface area contributed by atoms with Gasteiger partial charge in [0.2, 0.25) is 0 Å². The summed E-state index contributed by atoms with van der Waals surface area (Å²) in [6, 6.07) is 5.36. The van der Waals surface area contributed by atoms with Gasteiger partial charge >= 0.3 is 6.03 Å². The fourth-order valence-corrected chi connectivity index (χ4v) is 2.52. The minimum atomic E-state index is -3.88. The molecule has 0 spiro atoms. The van der Waals surface area contributed by atoms with Gasteiger partial charge in [-0.15, -0.1) is 0 Å². The average Bonchev–Trinajstić information content (AvgIpc) is 2.82. The number of nitrogens with one attached hydrogen (secondary N) is 2. The molecule has 1 heterocycles. The lowest BCUT2D eigenvalue weighted by atomic mass is 10.2. The summed E-state index contributed by atoms with van der Waals surface area (Å²) < 4.78 is 30.8. The summed E-state index contributed by atoms with van der Waals surface area (Å²) in [5, 5.41) is 2.40. The normalized spacial score (nSPS) is 11.1. The Labute approximate surface area is 122 Å². The second-order valence-corrected chi connectivity index (χ2v) is 6.14. The SMILES string of the molecule is Cc1ccc(S(=O)(=O)NC(=O)NCc2coc(C)n2)cc1.